The van der Waals surface area contributed by atoms with Gasteiger partial charge in [0, 0.05) is 41.2 Å². The van der Waals surface area contributed by atoms with Gasteiger partial charge >= 0.3 is 6.03 Å². The molecule has 0 spiro atoms. The van der Waals surface area contributed by atoms with Crippen LogP contribution in [0.1, 0.15) is 55.0 Å². The number of carbonyl (C=O) groups excluding carboxylic acids is 2. The van der Waals surface area contributed by atoms with E-state index in [1.54, 1.807) is 6.20 Å². The van der Waals surface area contributed by atoms with Crippen LogP contribution >= 0.6 is 0 Å². The first-order valence-corrected chi connectivity index (χ1v) is 13.3. The molecule has 2 heterocycles. The molecular formula is C25H29N3O6S. The van der Waals surface area contributed by atoms with Gasteiger partial charge in [-0.2, -0.15) is 0 Å². The zero-order valence-electron chi connectivity index (χ0n) is 19.7. The molecule has 4 rings (SSSR count). The van der Waals surface area contributed by atoms with E-state index in [9.17, 15) is 23.1 Å². The van der Waals surface area contributed by atoms with Crippen LogP contribution in [0.3, 0.4) is 0 Å². The van der Waals surface area contributed by atoms with E-state index < -0.39 is 20.5 Å². The van der Waals surface area contributed by atoms with Gasteiger partial charge in [-0.15, -0.1) is 0 Å². The fraction of sp³-hybridized carbons (Fsp3) is 0.440. The van der Waals surface area contributed by atoms with Crippen LogP contribution in [0.2, 0.25) is 0 Å². The maximum Gasteiger partial charge on any atom is 0.328 e. The molecule has 2 aromatic rings. The van der Waals surface area contributed by atoms with Crippen molar-refractivity contribution >= 4 is 21.8 Å². The van der Waals surface area contributed by atoms with E-state index in [0.717, 1.165) is 42.3 Å². The summed E-state index contributed by atoms with van der Waals surface area (Å²) in [5.41, 5.74) is 4.68. The van der Waals surface area contributed by atoms with Crippen molar-refractivity contribution in [3.8, 4) is 11.8 Å². The van der Waals surface area contributed by atoms with Crippen LogP contribution in [-0.2, 0) is 26.6 Å². The molecule has 1 aromatic carbocycles. The molecule has 1 fully saturated rings. The molecule has 35 heavy (non-hydrogen) atoms. The molecule has 2 amide bonds. The monoisotopic (exact) mass is 499 g/mol. The fourth-order valence-electron chi connectivity index (χ4n) is 4.59. The highest BCUT2D eigenvalue weighted by atomic mass is 32.2. The summed E-state index contributed by atoms with van der Waals surface area (Å²) in [6, 6.07) is 9.40. The van der Waals surface area contributed by atoms with Crippen molar-refractivity contribution in [1.82, 2.24) is 14.9 Å². The normalized spacial score (nSPS) is 18.2. The third kappa shape index (κ3) is 4.47. The van der Waals surface area contributed by atoms with Gasteiger partial charge in [-0.25, -0.2) is 18.7 Å². The van der Waals surface area contributed by atoms with Gasteiger partial charge in [0.05, 0.1) is 13.2 Å². The first kappa shape index (κ1) is 25.0. The maximum atomic E-state index is 12.8. The molecule has 1 aliphatic carbocycles. The van der Waals surface area contributed by atoms with Crippen molar-refractivity contribution < 1.29 is 28.3 Å². The lowest BCUT2D eigenvalue weighted by Crippen LogP contribution is -2.50. The molecule has 1 aliphatic heterocycles. The quantitative estimate of drug-likeness (QED) is 0.303. The summed E-state index contributed by atoms with van der Waals surface area (Å²) in [5, 5.41) is 18.7. The Morgan fingerprint density at radius 3 is 2.37 bits per heavy atom. The number of amides is 2. The molecule has 1 atom stereocenters. The van der Waals surface area contributed by atoms with Gasteiger partial charge in [0.1, 0.15) is 0 Å². The van der Waals surface area contributed by atoms with Gasteiger partial charge in [-0.1, -0.05) is 30.4 Å². The van der Waals surface area contributed by atoms with E-state index >= 15 is 0 Å². The number of benzene rings is 1. The van der Waals surface area contributed by atoms with E-state index in [1.807, 2.05) is 30.3 Å². The SMILES string of the molecule is CC(CCN1Cc2cc(C#Cc3ccc(C4(CO)CCC4)cc3)cn2C1=O)(C(=O)NO)S(C)(=O)=O. The van der Waals surface area contributed by atoms with Crippen molar-refractivity contribution in [1.29, 1.82) is 0 Å². The molecule has 0 radical (unpaired) electrons. The molecule has 186 valence electrons. The summed E-state index contributed by atoms with van der Waals surface area (Å²) in [4.78, 5) is 26.3. The first-order valence-electron chi connectivity index (χ1n) is 11.4. The Hall–Kier alpha value is -3.13. The zero-order chi connectivity index (χ0) is 25.4. The maximum absolute atomic E-state index is 12.8. The van der Waals surface area contributed by atoms with Gasteiger partial charge in [0.2, 0.25) is 0 Å². The lowest BCUT2D eigenvalue weighted by Gasteiger charge is -2.40. The molecule has 1 unspecified atom stereocenters. The van der Waals surface area contributed by atoms with Gasteiger partial charge in [0.25, 0.3) is 5.91 Å². The van der Waals surface area contributed by atoms with Crippen LogP contribution in [0.15, 0.2) is 36.5 Å². The molecule has 0 bridgehead atoms. The largest absolute Gasteiger partial charge is 0.395 e. The summed E-state index contributed by atoms with van der Waals surface area (Å²) in [6.45, 7) is 1.67. The number of aliphatic hydroxyl groups is 1. The molecule has 0 saturated heterocycles. The average Bonchev–Trinajstić information content (AvgIpc) is 3.33. The summed E-state index contributed by atoms with van der Waals surface area (Å²) in [6.07, 6.45) is 5.54. The average molecular weight is 500 g/mol. The van der Waals surface area contributed by atoms with Crippen LogP contribution < -0.4 is 5.48 Å². The minimum atomic E-state index is -3.84. The number of nitrogens with zero attached hydrogens (tertiary/aromatic N) is 2. The predicted molar refractivity (Wildman–Crippen MR) is 128 cm³/mol. The van der Waals surface area contributed by atoms with Crippen molar-refractivity contribution in [2.45, 2.75) is 49.3 Å². The number of fused-ring (bicyclic) bond motifs is 1. The van der Waals surface area contributed by atoms with Crippen molar-refractivity contribution in [3.63, 3.8) is 0 Å². The Bertz CT molecular complexity index is 1310. The van der Waals surface area contributed by atoms with E-state index in [-0.39, 0.29) is 37.6 Å². The third-order valence-corrected chi connectivity index (χ3v) is 9.48. The molecule has 10 heteroatoms. The first-order chi connectivity index (χ1) is 16.5. The van der Waals surface area contributed by atoms with Crippen LogP contribution in [-0.4, -0.2) is 64.3 Å². The number of carbonyl (C=O) groups is 2. The molecule has 3 N–H and O–H groups in total. The van der Waals surface area contributed by atoms with Gasteiger partial charge < -0.3 is 10.0 Å². The number of aliphatic hydroxyl groups excluding tert-OH is 1. The second kappa shape index (κ2) is 9.15. The number of hydroxylamine groups is 1. The van der Waals surface area contributed by atoms with Crippen LogP contribution in [0, 0.1) is 11.8 Å². The van der Waals surface area contributed by atoms with Crippen LogP contribution in [0.5, 0.6) is 0 Å². The Morgan fingerprint density at radius 2 is 1.86 bits per heavy atom. The number of sulfone groups is 1. The molecule has 1 aromatic heterocycles. The molecule has 9 nitrogen and oxygen atoms in total. The highest BCUT2D eigenvalue weighted by Gasteiger charge is 2.44. The van der Waals surface area contributed by atoms with E-state index in [4.69, 9.17) is 5.21 Å². The lowest BCUT2D eigenvalue weighted by atomic mass is 9.65. The summed E-state index contributed by atoms with van der Waals surface area (Å²) in [5.74, 6) is 5.15. The number of hydrogen-bond donors (Lipinski definition) is 3. The molecule has 2 aliphatic rings. The smallest absolute Gasteiger partial charge is 0.328 e. The lowest BCUT2D eigenvalue weighted by molar-refractivity contribution is -0.131. The van der Waals surface area contributed by atoms with Gasteiger partial charge in [-0.05, 0) is 49.9 Å². The number of hydrogen-bond acceptors (Lipinski definition) is 6. The van der Waals surface area contributed by atoms with Crippen molar-refractivity contribution in [3.05, 3.63) is 58.9 Å². The Balaban J connectivity index is 1.42. The molecule has 1 saturated carbocycles. The Labute approximate surface area is 204 Å². The minimum absolute atomic E-state index is 0.0280. The summed E-state index contributed by atoms with van der Waals surface area (Å²) >= 11 is 0. The Kier molecular flexibility index (Phi) is 6.53. The van der Waals surface area contributed by atoms with E-state index in [0.29, 0.717) is 5.56 Å². The van der Waals surface area contributed by atoms with E-state index in [1.165, 1.54) is 21.9 Å². The fourth-order valence-corrected chi connectivity index (χ4v) is 5.44. The topological polar surface area (TPSA) is 129 Å². The minimum Gasteiger partial charge on any atom is -0.395 e. The standard InChI is InChI=1S/C25H29N3O6S/c1-24(22(30)26-32,35(2,33)34)12-13-27-16-21-14-19(15-28(21)23(27)31)5-4-18-6-8-20(9-7-18)25(17-29)10-3-11-25/h6-9,14-15,29,32H,3,10-13,16-17H2,1-2H3,(H,26,30). The summed E-state index contributed by atoms with van der Waals surface area (Å²) in [7, 11) is -3.84. The summed E-state index contributed by atoms with van der Waals surface area (Å²) < 4.78 is 23.9. The second-order valence-electron chi connectivity index (χ2n) is 9.61. The van der Waals surface area contributed by atoms with Gasteiger partial charge in [0.15, 0.2) is 14.6 Å². The molecular weight excluding hydrogens is 470 g/mol. The Morgan fingerprint density at radius 1 is 1.20 bits per heavy atom. The van der Waals surface area contributed by atoms with Crippen LogP contribution in [0.4, 0.5) is 4.79 Å². The second-order valence-corrected chi connectivity index (χ2v) is 12.1. The van der Waals surface area contributed by atoms with Crippen molar-refractivity contribution in [2.75, 3.05) is 19.4 Å². The van der Waals surface area contributed by atoms with Crippen molar-refractivity contribution in [2.24, 2.45) is 0 Å². The number of nitrogens with one attached hydrogen (secondary N) is 1. The predicted octanol–water partition coefficient (Wildman–Crippen LogP) is 1.78. The number of rotatable bonds is 7. The van der Waals surface area contributed by atoms with Gasteiger partial charge in [-0.3, -0.25) is 14.6 Å². The van der Waals surface area contributed by atoms with Crippen LogP contribution in [0.25, 0.3) is 0 Å². The third-order valence-electron chi connectivity index (χ3n) is 7.45. The highest BCUT2D eigenvalue weighted by Crippen LogP contribution is 2.43. The zero-order valence-corrected chi connectivity index (χ0v) is 20.6. The number of aromatic nitrogens is 1. The highest BCUT2D eigenvalue weighted by molar-refractivity contribution is 7.92. The van der Waals surface area contributed by atoms with E-state index in [2.05, 4.69) is 11.8 Å².